The zero-order chi connectivity index (χ0) is 20.4. The standard InChI is InChI=1S/C21H34N4O3.HI/c1-5-27-13-8-11-22-21(23-15-20(26)24(3)4)25-12-14-28-19(16-25)18-10-7-6-9-17(18)2;/h6-7,9-10,19H,5,8,11-16H2,1-4H3,(H,22,23);1H. The molecule has 1 saturated heterocycles. The van der Waals surface area contributed by atoms with Crippen LogP contribution in [-0.4, -0.2) is 81.8 Å². The summed E-state index contributed by atoms with van der Waals surface area (Å²) in [6, 6.07) is 8.31. The van der Waals surface area contributed by atoms with E-state index in [4.69, 9.17) is 9.47 Å². The molecule has 0 aliphatic carbocycles. The third-order valence-corrected chi connectivity index (χ3v) is 4.72. The number of aliphatic imine (C=N–C) groups is 1. The number of aryl methyl sites for hydroxylation is 1. The van der Waals surface area contributed by atoms with E-state index in [1.54, 1.807) is 19.0 Å². The van der Waals surface area contributed by atoms with E-state index in [9.17, 15) is 4.79 Å². The summed E-state index contributed by atoms with van der Waals surface area (Å²) in [5, 5.41) is 3.40. The first-order valence-electron chi connectivity index (χ1n) is 10.0. The monoisotopic (exact) mass is 518 g/mol. The largest absolute Gasteiger partial charge is 0.382 e. The minimum Gasteiger partial charge on any atom is -0.382 e. The number of carbonyl (C=O) groups is 1. The molecule has 29 heavy (non-hydrogen) atoms. The summed E-state index contributed by atoms with van der Waals surface area (Å²) in [4.78, 5) is 20.3. The van der Waals surface area contributed by atoms with Gasteiger partial charge in [0.2, 0.25) is 5.91 Å². The van der Waals surface area contributed by atoms with Crippen molar-refractivity contribution in [3.05, 3.63) is 35.4 Å². The van der Waals surface area contributed by atoms with Crippen LogP contribution in [0.15, 0.2) is 29.3 Å². The zero-order valence-electron chi connectivity index (χ0n) is 18.0. The van der Waals surface area contributed by atoms with E-state index < -0.39 is 0 Å². The summed E-state index contributed by atoms with van der Waals surface area (Å²) in [5.74, 6) is 0.742. The lowest BCUT2D eigenvalue weighted by molar-refractivity contribution is -0.127. The maximum atomic E-state index is 12.0. The number of hydrogen-bond donors (Lipinski definition) is 1. The van der Waals surface area contributed by atoms with Gasteiger partial charge in [-0.05, 0) is 31.4 Å². The Morgan fingerprint density at radius 1 is 1.38 bits per heavy atom. The number of nitrogens with zero attached hydrogens (tertiary/aromatic N) is 3. The lowest BCUT2D eigenvalue weighted by Crippen LogP contribution is -2.49. The fraction of sp³-hybridized carbons (Fsp3) is 0.619. The maximum absolute atomic E-state index is 12.0. The normalized spacial score (nSPS) is 16.9. The third kappa shape index (κ3) is 8.47. The van der Waals surface area contributed by atoms with Crippen LogP contribution in [0.3, 0.4) is 0 Å². The fourth-order valence-corrected chi connectivity index (χ4v) is 3.05. The van der Waals surface area contributed by atoms with Crippen molar-refractivity contribution in [3.8, 4) is 0 Å². The number of benzene rings is 1. The quantitative estimate of drug-likeness (QED) is 0.248. The van der Waals surface area contributed by atoms with Gasteiger partial charge in [0.15, 0.2) is 5.96 Å². The van der Waals surface area contributed by atoms with Gasteiger partial charge in [0.1, 0.15) is 12.6 Å². The van der Waals surface area contributed by atoms with Crippen LogP contribution >= 0.6 is 24.0 Å². The highest BCUT2D eigenvalue weighted by Crippen LogP contribution is 2.24. The number of likely N-dealkylation sites (N-methyl/N-ethyl adjacent to an activating group) is 1. The van der Waals surface area contributed by atoms with Crippen LogP contribution in [0, 0.1) is 6.92 Å². The number of rotatable bonds is 8. The molecule has 1 aliphatic rings. The Morgan fingerprint density at radius 3 is 2.83 bits per heavy atom. The summed E-state index contributed by atoms with van der Waals surface area (Å²) in [7, 11) is 3.49. The highest BCUT2D eigenvalue weighted by Gasteiger charge is 2.25. The first-order chi connectivity index (χ1) is 13.5. The van der Waals surface area contributed by atoms with Crippen LogP contribution < -0.4 is 5.32 Å². The van der Waals surface area contributed by atoms with Gasteiger partial charge in [0.25, 0.3) is 0 Å². The van der Waals surface area contributed by atoms with Crippen molar-refractivity contribution in [2.45, 2.75) is 26.4 Å². The Hall–Kier alpha value is -1.39. The van der Waals surface area contributed by atoms with Crippen molar-refractivity contribution < 1.29 is 14.3 Å². The number of halogens is 1. The Bertz CT molecular complexity index is 655. The predicted octanol–water partition coefficient (Wildman–Crippen LogP) is 2.45. The van der Waals surface area contributed by atoms with Crippen LogP contribution in [-0.2, 0) is 14.3 Å². The van der Waals surface area contributed by atoms with E-state index in [1.807, 2.05) is 19.1 Å². The van der Waals surface area contributed by atoms with E-state index in [1.165, 1.54) is 11.1 Å². The molecular formula is C21H35IN4O3. The van der Waals surface area contributed by atoms with Crippen molar-refractivity contribution in [1.82, 2.24) is 15.1 Å². The molecule has 1 atom stereocenters. The highest BCUT2D eigenvalue weighted by atomic mass is 127. The van der Waals surface area contributed by atoms with Crippen molar-refractivity contribution in [3.63, 3.8) is 0 Å². The molecule has 1 aromatic carbocycles. The Balaban J connectivity index is 0.00000420. The Morgan fingerprint density at radius 2 is 2.14 bits per heavy atom. The zero-order valence-corrected chi connectivity index (χ0v) is 20.3. The molecule has 0 bridgehead atoms. The maximum Gasteiger partial charge on any atom is 0.243 e. The number of carbonyl (C=O) groups excluding carboxylic acids is 1. The fourth-order valence-electron chi connectivity index (χ4n) is 3.05. The van der Waals surface area contributed by atoms with Gasteiger partial charge in [-0.15, -0.1) is 24.0 Å². The van der Waals surface area contributed by atoms with Gasteiger partial charge >= 0.3 is 0 Å². The second-order valence-electron chi connectivity index (χ2n) is 7.07. The lowest BCUT2D eigenvalue weighted by atomic mass is 10.0. The van der Waals surface area contributed by atoms with Gasteiger partial charge in [0, 0.05) is 40.4 Å². The molecule has 164 valence electrons. The molecule has 1 aromatic rings. The van der Waals surface area contributed by atoms with E-state index in [0.717, 1.165) is 32.1 Å². The molecule has 0 spiro atoms. The summed E-state index contributed by atoms with van der Waals surface area (Å²) in [5.41, 5.74) is 2.42. The molecule has 1 N–H and O–H groups in total. The third-order valence-electron chi connectivity index (χ3n) is 4.72. The molecule has 0 saturated carbocycles. The van der Waals surface area contributed by atoms with Gasteiger partial charge in [0.05, 0.1) is 13.2 Å². The minimum absolute atomic E-state index is 0. The summed E-state index contributed by atoms with van der Waals surface area (Å²) < 4.78 is 11.4. The SMILES string of the molecule is CCOCCCNC(=NCC(=O)N(C)C)N1CCOC(c2ccccc2C)C1.I. The molecule has 2 rings (SSSR count). The number of ether oxygens (including phenoxy) is 2. The van der Waals surface area contributed by atoms with Gasteiger partial charge in [-0.25, -0.2) is 4.99 Å². The lowest BCUT2D eigenvalue weighted by Gasteiger charge is -2.36. The number of morpholine rings is 1. The van der Waals surface area contributed by atoms with E-state index in [0.29, 0.717) is 19.8 Å². The topological polar surface area (TPSA) is 66.4 Å². The first-order valence-corrected chi connectivity index (χ1v) is 10.0. The first kappa shape index (κ1) is 25.6. The van der Waals surface area contributed by atoms with Crippen LogP contribution in [0.5, 0.6) is 0 Å². The summed E-state index contributed by atoms with van der Waals surface area (Å²) in [6.07, 6.45) is 0.884. The Kier molecular flexibility index (Phi) is 12.2. The smallest absolute Gasteiger partial charge is 0.243 e. The average Bonchev–Trinajstić information content (AvgIpc) is 2.70. The Labute approximate surface area is 191 Å². The molecule has 8 heteroatoms. The van der Waals surface area contributed by atoms with Gasteiger partial charge < -0.3 is 24.6 Å². The summed E-state index contributed by atoms with van der Waals surface area (Å²) >= 11 is 0. The molecule has 1 aliphatic heterocycles. The molecular weight excluding hydrogens is 483 g/mol. The van der Waals surface area contributed by atoms with Gasteiger partial charge in [-0.1, -0.05) is 24.3 Å². The highest BCUT2D eigenvalue weighted by molar-refractivity contribution is 14.0. The second-order valence-corrected chi connectivity index (χ2v) is 7.07. The van der Waals surface area contributed by atoms with E-state index in [2.05, 4.69) is 34.3 Å². The molecule has 1 unspecified atom stereocenters. The van der Waals surface area contributed by atoms with E-state index >= 15 is 0 Å². The number of nitrogens with one attached hydrogen (secondary N) is 1. The van der Waals surface area contributed by atoms with Crippen LogP contribution in [0.2, 0.25) is 0 Å². The molecule has 0 radical (unpaired) electrons. The van der Waals surface area contributed by atoms with Crippen LogP contribution in [0.1, 0.15) is 30.6 Å². The van der Waals surface area contributed by atoms with E-state index in [-0.39, 0.29) is 42.5 Å². The summed E-state index contributed by atoms with van der Waals surface area (Å²) in [6.45, 7) is 8.49. The van der Waals surface area contributed by atoms with Crippen molar-refractivity contribution in [2.75, 3.05) is 60.1 Å². The average molecular weight is 518 g/mol. The predicted molar refractivity (Wildman–Crippen MR) is 127 cm³/mol. The molecule has 1 heterocycles. The van der Waals surface area contributed by atoms with Gasteiger partial charge in [-0.3, -0.25) is 4.79 Å². The minimum atomic E-state index is -0.0164. The number of amides is 1. The van der Waals surface area contributed by atoms with Crippen molar-refractivity contribution in [2.24, 2.45) is 4.99 Å². The van der Waals surface area contributed by atoms with Crippen LogP contribution in [0.4, 0.5) is 0 Å². The van der Waals surface area contributed by atoms with Crippen molar-refractivity contribution >= 4 is 35.8 Å². The second kappa shape index (κ2) is 13.8. The molecule has 1 amide bonds. The van der Waals surface area contributed by atoms with Gasteiger partial charge in [-0.2, -0.15) is 0 Å². The number of guanidine groups is 1. The van der Waals surface area contributed by atoms with Crippen LogP contribution in [0.25, 0.3) is 0 Å². The van der Waals surface area contributed by atoms with Crippen molar-refractivity contribution in [1.29, 1.82) is 0 Å². The molecule has 7 nitrogen and oxygen atoms in total. The number of hydrogen-bond acceptors (Lipinski definition) is 4. The molecule has 1 fully saturated rings. The molecule has 0 aromatic heterocycles.